The second kappa shape index (κ2) is 5.88. The van der Waals surface area contributed by atoms with Crippen LogP contribution >= 0.6 is 0 Å². The first-order valence-corrected chi connectivity index (χ1v) is 9.51. The molecule has 0 unspecified atom stereocenters. The Morgan fingerprint density at radius 2 is 2.13 bits per heavy atom. The van der Waals surface area contributed by atoms with Crippen molar-refractivity contribution in [1.29, 1.82) is 0 Å². The van der Waals surface area contributed by atoms with Gasteiger partial charge in [-0.15, -0.1) is 0 Å². The van der Waals surface area contributed by atoms with Crippen LogP contribution in [0.25, 0.3) is 10.9 Å². The number of carbonyl (C=O) groups is 1. The quantitative estimate of drug-likeness (QED) is 0.792. The van der Waals surface area contributed by atoms with Gasteiger partial charge in [-0.2, -0.15) is 0 Å². The van der Waals surface area contributed by atoms with Gasteiger partial charge in [0.2, 0.25) is 0 Å². The molecule has 0 aliphatic carbocycles. The van der Waals surface area contributed by atoms with Crippen LogP contribution in [0.2, 0.25) is 0 Å². The minimum Gasteiger partial charge on any atom is -0.361 e. The molecule has 0 saturated carbocycles. The van der Waals surface area contributed by atoms with Crippen LogP contribution in [-0.4, -0.2) is 43.0 Å². The van der Waals surface area contributed by atoms with Gasteiger partial charge in [-0.25, -0.2) is 13.2 Å². The molecule has 7 heteroatoms. The van der Waals surface area contributed by atoms with Gasteiger partial charge >= 0.3 is 6.03 Å². The number of nitrogens with one attached hydrogen (secondary N) is 3. The summed E-state index contributed by atoms with van der Waals surface area (Å²) >= 11 is 0. The Labute approximate surface area is 135 Å². The Balaban J connectivity index is 1.52. The fraction of sp³-hybridized carbons (Fsp3) is 0.438. The summed E-state index contributed by atoms with van der Waals surface area (Å²) in [6.45, 7) is 2.27. The number of H-pyrrole nitrogens is 1. The van der Waals surface area contributed by atoms with E-state index in [1.807, 2.05) is 30.5 Å². The molecule has 3 N–H and O–H groups in total. The second-order valence-electron chi connectivity index (χ2n) is 6.39. The fourth-order valence-corrected chi connectivity index (χ4v) is 5.17. The van der Waals surface area contributed by atoms with Crippen molar-refractivity contribution in [2.24, 2.45) is 0 Å². The van der Waals surface area contributed by atoms with Gasteiger partial charge in [0.1, 0.15) is 0 Å². The lowest BCUT2D eigenvalue weighted by Crippen LogP contribution is -2.51. The molecule has 0 spiro atoms. The Hall–Kier alpha value is -2.02. The number of para-hydroxylation sites is 1. The number of sulfone groups is 1. The van der Waals surface area contributed by atoms with Crippen molar-refractivity contribution in [2.45, 2.75) is 25.3 Å². The molecule has 3 rings (SSSR count). The third-order valence-electron chi connectivity index (χ3n) is 4.27. The van der Waals surface area contributed by atoms with E-state index in [1.54, 1.807) is 6.92 Å². The van der Waals surface area contributed by atoms with Crippen molar-refractivity contribution in [1.82, 2.24) is 15.6 Å². The van der Waals surface area contributed by atoms with Crippen LogP contribution in [0, 0.1) is 0 Å². The van der Waals surface area contributed by atoms with Gasteiger partial charge in [0.25, 0.3) is 0 Å². The highest BCUT2D eigenvalue weighted by Gasteiger charge is 2.39. The number of fused-ring (bicyclic) bond motifs is 1. The van der Waals surface area contributed by atoms with Gasteiger partial charge in [0.05, 0.1) is 17.0 Å². The zero-order valence-electron chi connectivity index (χ0n) is 13.1. The number of urea groups is 1. The van der Waals surface area contributed by atoms with Crippen LogP contribution in [0.15, 0.2) is 30.5 Å². The molecule has 1 aliphatic rings. The van der Waals surface area contributed by atoms with E-state index < -0.39 is 15.4 Å². The zero-order valence-corrected chi connectivity index (χ0v) is 13.9. The highest BCUT2D eigenvalue weighted by molar-refractivity contribution is 7.91. The summed E-state index contributed by atoms with van der Waals surface area (Å²) < 4.78 is 23.1. The number of hydrogen-bond acceptors (Lipinski definition) is 3. The lowest BCUT2D eigenvalue weighted by molar-refractivity contribution is 0.230. The smallest absolute Gasteiger partial charge is 0.315 e. The van der Waals surface area contributed by atoms with Gasteiger partial charge in [-0.05, 0) is 31.4 Å². The van der Waals surface area contributed by atoms with Crippen LogP contribution < -0.4 is 10.6 Å². The van der Waals surface area contributed by atoms with E-state index >= 15 is 0 Å². The van der Waals surface area contributed by atoms with Crippen LogP contribution in [-0.2, 0) is 16.3 Å². The summed E-state index contributed by atoms with van der Waals surface area (Å²) in [4.78, 5) is 15.2. The Morgan fingerprint density at radius 3 is 2.87 bits per heavy atom. The Bertz CT molecular complexity index is 828. The molecule has 1 aromatic carbocycles. The normalized spacial score (nSPS) is 23.0. The molecular weight excluding hydrogens is 314 g/mol. The van der Waals surface area contributed by atoms with Gasteiger partial charge in [-0.3, -0.25) is 0 Å². The lowest BCUT2D eigenvalue weighted by Gasteiger charge is -2.23. The molecule has 23 heavy (non-hydrogen) atoms. The average molecular weight is 335 g/mol. The van der Waals surface area contributed by atoms with Crippen molar-refractivity contribution in [2.75, 3.05) is 18.1 Å². The molecule has 2 heterocycles. The zero-order chi connectivity index (χ0) is 16.5. The number of benzene rings is 1. The molecule has 0 bridgehead atoms. The lowest BCUT2D eigenvalue weighted by atomic mass is 10.0. The Kier molecular flexibility index (Phi) is 4.06. The third kappa shape index (κ3) is 3.67. The summed E-state index contributed by atoms with van der Waals surface area (Å²) in [5.74, 6) is 0.148. The number of aromatic nitrogens is 1. The number of aromatic amines is 1. The molecule has 1 fully saturated rings. The summed E-state index contributed by atoms with van der Waals surface area (Å²) in [6.07, 6.45) is 3.13. The van der Waals surface area contributed by atoms with Gasteiger partial charge in [0.15, 0.2) is 9.84 Å². The van der Waals surface area contributed by atoms with Crippen LogP contribution in [0.1, 0.15) is 18.9 Å². The molecule has 0 radical (unpaired) electrons. The van der Waals surface area contributed by atoms with Crippen LogP contribution in [0.5, 0.6) is 0 Å². The predicted molar refractivity (Wildman–Crippen MR) is 90.2 cm³/mol. The van der Waals surface area contributed by atoms with Crippen LogP contribution in [0.3, 0.4) is 0 Å². The Morgan fingerprint density at radius 1 is 1.35 bits per heavy atom. The molecule has 1 aliphatic heterocycles. The average Bonchev–Trinajstić information content (AvgIpc) is 3.00. The molecule has 6 nitrogen and oxygen atoms in total. The largest absolute Gasteiger partial charge is 0.361 e. The van der Waals surface area contributed by atoms with Gasteiger partial charge < -0.3 is 15.6 Å². The summed E-state index contributed by atoms with van der Waals surface area (Å²) in [7, 11) is -3.03. The van der Waals surface area contributed by atoms with Crippen molar-refractivity contribution in [3.05, 3.63) is 36.0 Å². The first-order chi connectivity index (χ1) is 10.9. The van der Waals surface area contributed by atoms with E-state index in [9.17, 15) is 13.2 Å². The highest BCUT2D eigenvalue weighted by atomic mass is 32.2. The van der Waals surface area contributed by atoms with E-state index in [0.29, 0.717) is 19.4 Å². The van der Waals surface area contributed by atoms with Crippen molar-refractivity contribution >= 4 is 26.8 Å². The molecule has 2 amide bonds. The first-order valence-electron chi connectivity index (χ1n) is 7.68. The summed E-state index contributed by atoms with van der Waals surface area (Å²) in [5.41, 5.74) is 1.56. The molecule has 1 aromatic heterocycles. The maximum absolute atomic E-state index is 12.0. The molecular formula is C16H21N3O3S. The van der Waals surface area contributed by atoms with Gasteiger partial charge in [0, 0.05) is 23.6 Å². The van der Waals surface area contributed by atoms with E-state index in [1.165, 1.54) is 0 Å². The summed E-state index contributed by atoms with van der Waals surface area (Å²) in [5, 5.41) is 6.75. The molecule has 1 saturated heterocycles. The molecule has 2 aromatic rings. The summed E-state index contributed by atoms with van der Waals surface area (Å²) in [6, 6.07) is 7.71. The second-order valence-corrected chi connectivity index (χ2v) is 8.58. The fourth-order valence-electron chi connectivity index (χ4n) is 3.08. The highest BCUT2D eigenvalue weighted by Crippen LogP contribution is 2.22. The molecule has 124 valence electrons. The number of carbonyl (C=O) groups excluding carboxylic acids is 1. The van der Waals surface area contributed by atoms with E-state index in [2.05, 4.69) is 15.6 Å². The van der Waals surface area contributed by atoms with Crippen LogP contribution in [0.4, 0.5) is 4.79 Å². The number of rotatable bonds is 4. The maximum atomic E-state index is 12.0. The number of amides is 2. The van der Waals surface area contributed by atoms with E-state index in [0.717, 1.165) is 16.5 Å². The monoisotopic (exact) mass is 335 g/mol. The van der Waals surface area contributed by atoms with Gasteiger partial charge in [-0.1, -0.05) is 18.2 Å². The standard InChI is InChI=1S/C16H21N3O3S/c1-16(7-9-23(21,22)11-16)19-15(20)17-8-6-12-10-18-14-5-3-2-4-13(12)14/h2-5,10,18H,6-9,11H2,1H3,(H2,17,19,20)/t16-/m1/s1. The van der Waals surface area contributed by atoms with Crippen molar-refractivity contribution in [3.63, 3.8) is 0 Å². The maximum Gasteiger partial charge on any atom is 0.315 e. The number of hydrogen-bond donors (Lipinski definition) is 3. The van der Waals surface area contributed by atoms with E-state index in [-0.39, 0.29) is 17.5 Å². The molecule has 1 atom stereocenters. The topological polar surface area (TPSA) is 91.1 Å². The minimum absolute atomic E-state index is 0.00979. The van der Waals surface area contributed by atoms with E-state index in [4.69, 9.17) is 0 Å². The van der Waals surface area contributed by atoms with Crippen molar-refractivity contribution < 1.29 is 13.2 Å². The van der Waals surface area contributed by atoms with Crippen molar-refractivity contribution in [3.8, 4) is 0 Å². The minimum atomic E-state index is -3.03. The predicted octanol–water partition coefficient (Wildman–Crippen LogP) is 1.59. The third-order valence-corrected chi connectivity index (χ3v) is 6.18. The SMILES string of the molecule is C[C@@]1(NC(=O)NCCc2c[nH]c3ccccc23)CCS(=O)(=O)C1. The first kappa shape index (κ1) is 15.9.